The normalized spacial score (nSPS) is 14.8. The zero-order valence-corrected chi connectivity index (χ0v) is 78.5. The van der Waals surface area contributed by atoms with Gasteiger partial charge in [-0.3, -0.25) is 24.3 Å². The minimum atomic E-state index is -3.44. The van der Waals surface area contributed by atoms with Crippen LogP contribution in [0.5, 0.6) is 0 Å². The van der Waals surface area contributed by atoms with E-state index in [1.807, 2.05) is 72.8 Å². The van der Waals surface area contributed by atoms with Gasteiger partial charge in [-0.2, -0.15) is 65.4 Å². The Balaban J connectivity index is 0.000000135. The van der Waals surface area contributed by atoms with Gasteiger partial charge in [0.1, 0.15) is 77.6 Å². The van der Waals surface area contributed by atoms with E-state index in [9.17, 15) is 32.7 Å². The Hall–Kier alpha value is -11.8. The Kier molecular flexibility index (Phi) is 32.3. The summed E-state index contributed by atoms with van der Waals surface area (Å²) in [6.45, 7) is 18.8. The second-order valence-corrected chi connectivity index (χ2v) is 36.4. The maximum atomic E-state index is 11.6. The molecule has 4 aromatic carbocycles. The first-order chi connectivity index (χ1) is 63.0. The third-order valence-corrected chi connectivity index (χ3v) is 22.5. The van der Waals surface area contributed by atoms with Crippen molar-refractivity contribution in [3.05, 3.63) is 263 Å². The number of ether oxygens (including phenoxy) is 3. The minimum Gasteiger partial charge on any atom is -0.399 e. The number of aromatic amines is 1. The maximum absolute atomic E-state index is 11.6. The van der Waals surface area contributed by atoms with E-state index in [2.05, 4.69) is 107 Å². The molecule has 10 aromatic heterocycles. The van der Waals surface area contributed by atoms with Crippen molar-refractivity contribution in [1.82, 2.24) is 104 Å². The van der Waals surface area contributed by atoms with Gasteiger partial charge in [0.15, 0.2) is 23.1 Å². The van der Waals surface area contributed by atoms with Crippen LogP contribution in [0, 0.1) is 16.2 Å². The summed E-state index contributed by atoms with van der Waals surface area (Å²) < 4.78 is 43.4. The summed E-state index contributed by atoms with van der Waals surface area (Å²) in [5, 5.41) is 48.7. The van der Waals surface area contributed by atoms with Crippen molar-refractivity contribution in [3.8, 4) is 23.8 Å². The molecular weight excluding hydrogens is 1910 g/mol. The highest BCUT2D eigenvalue weighted by Gasteiger charge is 2.51. The second-order valence-electron chi connectivity index (χ2n) is 30.8. The number of Topliss-reactive ketones (excluding diaryl/α,β-unsaturated/α-hetero) is 4. The van der Waals surface area contributed by atoms with Crippen LogP contribution in [0.25, 0.3) is 23.8 Å². The molecule has 1 unspecified atom stereocenters. The van der Waals surface area contributed by atoms with Crippen molar-refractivity contribution in [2.24, 2.45) is 16.2 Å². The molecule has 0 radical (unpaired) electrons. The number of anilines is 9. The van der Waals surface area contributed by atoms with E-state index < -0.39 is 15.9 Å². The topological polar surface area (TPSA) is 460 Å². The van der Waals surface area contributed by atoms with Crippen LogP contribution < -0.4 is 36.8 Å². The van der Waals surface area contributed by atoms with Gasteiger partial charge in [0.25, 0.3) is 23.8 Å². The van der Waals surface area contributed by atoms with Crippen molar-refractivity contribution < 1.29 is 46.9 Å². The molecule has 0 amide bonds. The lowest BCUT2D eigenvalue weighted by molar-refractivity contribution is -0.139. The zero-order chi connectivity index (χ0) is 94.2. The first kappa shape index (κ1) is 97.7. The monoisotopic (exact) mass is 1990 g/mol. The Labute approximate surface area is 800 Å². The molecule has 0 aliphatic carbocycles. The van der Waals surface area contributed by atoms with E-state index in [1.54, 1.807) is 115 Å². The summed E-state index contributed by atoms with van der Waals surface area (Å²) in [4.78, 5) is 90.8. The summed E-state index contributed by atoms with van der Waals surface area (Å²) in [5.74, 6) is 4.42. The fourth-order valence-corrected chi connectivity index (χ4v) is 14.8. The van der Waals surface area contributed by atoms with Crippen LogP contribution in [-0.2, 0) is 24.0 Å². The van der Waals surface area contributed by atoms with Crippen LogP contribution in [0.4, 0.5) is 51.8 Å². The SMILES string of the molecule is C1NCC12COC2.CC(=O)c1ccn(-c2nc(Cl)cc(Cl)n2)n1.CC(=O)c1ccn(-c2nc(Cl)cc(Nc3ccc(Cl)cc3)n2)n1.CC(=O)c1ccn(-c2nc(Nc3ccc(Cl)cc3)cc(N3CC4(COC4)C3)n2)n1.CC(=O)c1ccn[nH]1.CC(O)c1ccn(-c2nc(Nc3ccc(Cl)cc3)cc(N3CC4(COC4)C3)n2)n1.CS(=O)(=O)c1nc(Cl)cc(Cl)n1.Nc1ccc(Cl)cc1. The predicted octanol–water partition coefficient (Wildman–Crippen LogP) is 15.5. The smallest absolute Gasteiger partial charge is 0.254 e. The Morgan fingerprint density at radius 2 is 0.758 bits per heavy atom. The summed E-state index contributed by atoms with van der Waals surface area (Å²) >= 11 is 51.8. The van der Waals surface area contributed by atoms with Gasteiger partial charge < -0.3 is 56.1 Å². The molecule has 37 nitrogen and oxygen atoms in total. The summed E-state index contributed by atoms with van der Waals surface area (Å²) in [5.41, 5.74) is 12.0. The van der Waals surface area contributed by atoms with Crippen LogP contribution in [-0.4, -0.2) is 221 Å². The molecule has 1 atom stereocenters. The van der Waals surface area contributed by atoms with Gasteiger partial charge in [-0.05, 0) is 134 Å². The molecule has 686 valence electrons. The lowest BCUT2D eigenvalue weighted by Gasteiger charge is -2.55. The number of aromatic nitrogens is 20. The average molecular weight is 1990 g/mol. The highest BCUT2D eigenvalue weighted by atomic mass is 35.5. The number of carbonyl (C=O) groups is 4. The summed E-state index contributed by atoms with van der Waals surface area (Å²) in [7, 11) is -3.44. The van der Waals surface area contributed by atoms with Gasteiger partial charge in [0.2, 0.25) is 15.0 Å². The number of nitrogens with two attached hydrogens (primary N) is 1. The Morgan fingerprint density at radius 1 is 0.424 bits per heavy atom. The second kappa shape index (κ2) is 43.7. The molecule has 14 aromatic rings. The number of H-pyrrole nitrogens is 1. The number of nitrogen functional groups attached to an aromatic ring is 1. The lowest BCUT2D eigenvalue weighted by Crippen LogP contribution is -2.66. The van der Waals surface area contributed by atoms with Crippen LogP contribution in [0.1, 0.15) is 88.4 Å². The van der Waals surface area contributed by atoms with E-state index >= 15 is 0 Å². The standard InChI is InChI=1S/C20H21ClN6O2.C20H19ClN6O2.C15H11Cl2N5O.C9H6Cl2N4O.C6H6ClN.C5H4Cl2N2O2S.C5H6N2O.C5H9NO/c2*1-13(28)16-6-7-27(25-16)19-23-17(22-15-4-2-14(21)3-5-15)8-18(24-19)26-9-20(10-26)11-29-12-20;1-9(23)12-6-7-22(21-12)15-19-13(17)8-14(20-15)18-11-4-2-10(16)3-5-11;1-5(16)6-2-3-15(14-6)9-12-7(10)4-8(11)13-9;7-5-1-3-6(8)4-2-5;1-12(10,11)5-8-3(6)2-4(7)9-5;1-4(8)5-2-3-6-7-5;1-5(2-6-1)3-7-4-5/h2-8,13,28H,9-12H2,1H3,(H,22,23,24);2-8H,9-12H2,1H3,(H,22,23,24);2-8H,1H3,(H,18,19,20);2-4H,1H3;1-4H,8H2;2H,1H3;2-3H,1H3,(H,6,7);6H,1-4H2. The lowest BCUT2D eigenvalue weighted by atomic mass is 9.78. The first-order valence-corrected chi connectivity index (χ1v) is 45.2. The van der Waals surface area contributed by atoms with Crippen molar-refractivity contribution in [3.63, 3.8) is 0 Å². The van der Waals surface area contributed by atoms with E-state index in [-0.39, 0.29) is 76.8 Å². The van der Waals surface area contributed by atoms with Gasteiger partial charge in [-0.25, -0.2) is 37.1 Å². The van der Waals surface area contributed by atoms with Crippen molar-refractivity contribution in [1.29, 1.82) is 0 Å². The van der Waals surface area contributed by atoms with Gasteiger partial charge >= 0.3 is 0 Å². The fraction of sp³-hybridized carbons (Fsp3) is 0.259. The van der Waals surface area contributed by atoms with Crippen molar-refractivity contribution >= 4 is 189 Å². The quantitative estimate of drug-likeness (QED) is 0.0181. The number of hydrogen-bond acceptors (Lipinski definition) is 32. The number of rotatable bonds is 18. The molecule has 132 heavy (non-hydrogen) atoms. The molecule has 8 N–H and O–H groups in total. The first-order valence-electron chi connectivity index (χ1n) is 39.9. The van der Waals surface area contributed by atoms with Crippen molar-refractivity contribution in [2.75, 3.05) is 117 Å². The number of aliphatic hydroxyl groups is 1. The van der Waals surface area contributed by atoms with Crippen LogP contribution in [0.3, 0.4) is 0 Å². The van der Waals surface area contributed by atoms with E-state index in [0.29, 0.717) is 78.3 Å². The molecule has 16 heterocycles. The third-order valence-electron chi connectivity index (χ3n) is 19.7. The zero-order valence-electron chi connectivity index (χ0n) is 70.9. The number of aliphatic hydroxyl groups excluding tert-OH is 1. The van der Waals surface area contributed by atoms with Crippen LogP contribution in [0.15, 0.2) is 194 Å². The number of benzene rings is 4. The predicted molar refractivity (Wildman–Crippen MR) is 503 cm³/mol. The molecule has 0 bridgehead atoms. The van der Waals surface area contributed by atoms with E-state index in [0.717, 1.165) is 111 Å². The van der Waals surface area contributed by atoms with Gasteiger partial charge in [-0.15, -0.1) is 0 Å². The fourth-order valence-electron chi connectivity index (χ4n) is 12.7. The highest BCUT2D eigenvalue weighted by Crippen LogP contribution is 2.42. The van der Waals surface area contributed by atoms with E-state index in [4.69, 9.17) is 129 Å². The maximum Gasteiger partial charge on any atom is 0.254 e. The Bertz CT molecular complexity index is 6410. The number of halogens is 9. The number of hydrogen-bond donors (Lipinski definition) is 7. The molecule has 6 aliphatic heterocycles. The summed E-state index contributed by atoms with van der Waals surface area (Å²) in [6, 6.07) is 45.4. The minimum absolute atomic E-state index is 0.00965. The average Bonchev–Trinajstić information content (AvgIpc) is 0.813. The van der Waals surface area contributed by atoms with E-state index in [1.165, 1.54) is 67.0 Å². The van der Waals surface area contributed by atoms with Gasteiger partial charge in [-0.1, -0.05) is 104 Å². The van der Waals surface area contributed by atoms with Crippen LogP contribution >= 0.6 is 104 Å². The number of nitrogens with one attached hydrogen (secondary N) is 5. The molecular formula is C85H82Cl9N27O10S. The number of ketones is 4. The molecule has 3 spiro atoms. The number of sulfone groups is 1. The number of nitrogens with zero attached hydrogens (tertiary/aromatic N) is 21. The van der Waals surface area contributed by atoms with Crippen molar-refractivity contribution in [2.45, 2.75) is 45.9 Å². The Morgan fingerprint density at radius 3 is 1.04 bits per heavy atom. The molecule has 0 saturated carbocycles. The summed E-state index contributed by atoms with van der Waals surface area (Å²) in [6.07, 6.45) is 8.50. The largest absolute Gasteiger partial charge is 0.399 e. The third kappa shape index (κ3) is 27.0. The highest BCUT2D eigenvalue weighted by molar-refractivity contribution is 7.90. The molecule has 20 rings (SSSR count). The van der Waals surface area contributed by atoms with Gasteiger partial charge in [0.05, 0.1) is 62.3 Å². The molecule has 6 saturated heterocycles. The van der Waals surface area contributed by atoms with Crippen LogP contribution in [0.2, 0.25) is 45.9 Å². The molecule has 6 fully saturated rings. The van der Waals surface area contributed by atoms with Gasteiger partial charge in [0, 0.05) is 183 Å². The number of carbonyl (C=O) groups excluding carboxylic acids is 4. The molecule has 6 aliphatic rings. The molecule has 47 heteroatoms.